The Kier molecular flexibility index (Phi) is 7.32. The van der Waals surface area contributed by atoms with Gasteiger partial charge in [-0.3, -0.25) is 14.2 Å². The van der Waals surface area contributed by atoms with Crippen molar-refractivity contribution in [3.63, 3.8) is 0 Å². The Bertz CT molecular complexity index is 1180. The van der Waals surface area contributed by atoms with Crippen molar-refractivity contribution in [2.75, 3.05) is 18.0 Å². The molecule has 1 aliphatic heterocycles. The van der Waals surface area contributed by atoms with Crippen molar-refractivity contribution in [3.8, 4) is 0 Å². The molecule has 1 amide bonds. The van der Waals surface area contributed by atoms with Crippen molar-refractivity contribution in [1.29, 1.82) is 0 Å². The number of hydrogen-bond donors (Lipinski definition) is 2. The maximum atomic E-state index is 12.6. The molecular formula is C24H29N5O2S. The van der Waals surface area contributed by atoms with Crippen LogP contribution in [0.1, 0.15) is 44.1 Å². The van der Waals surface area contributed by atoms with E-state index < -0.39 is 0 Å². The molecule has 8 heteroatoms. The summed E-state index contributed by atoms with van der Waals surface area (Å²) in [5, 5.41) is 3.61. The number of pyridine rings is 1. The fraction of sp³-hybridized carbons (Fsp3) is 0.417. The summed E-state index contributed by atoms with van der Waals surface area (Å²) >= 11 is 5.34. The lowest BCUT2D eigenvalue weighted by Crippen LogP contribution is -2.23. The number of para-hydroxylation sites is 1. The fourth-order valence-electron chi connectivity index (χ4n) is 4.08. The quantitative estimate of drug-likeness (QED) is 0.380. The summed E-state index contributed by atoms with van der Waals surface area (Å²) in [4.78, 5) is 34.7. The number of aromatic amines is 1. The number of benzene rings is 1. The van der Waals surface area contributed by atoms with E-state index in [1.54, 1.807) is 10.6 Å². The van der Waals surface area contributed by atoms with E-state index in [1.807, 2.05) is 36.5 Å². The third-order valence-corrected chi connectivity index (χ3v) is 6.23. The van der Waals surface area contributed by atoms with Crippen LogP contribution in [0.4, 0.5) is 5.82 Å². The number of anilines is 1. The zero-order valence-electron chi connectivity index (χ0n) is 18.2. The number of H-pyrrole nitrogens is 1. The van der Waals surface area contributed by atoms with Crippen LogP contribution in [0.2, 0.25) is 0 Å². The molecule has 1 aliphatic rings. The van der Waals surface area contributed by atoms with E-state index in [4.69, 9.17) is 12.2 Å². The largest absolute Gasteiger partial charge is 0.357 e. The predicted molar refractivity (Wildman–Crippen MR) is 129 cm³/mol. The molecule has 0 unspecified atom stereocenters. The van der Waals surface area contributed by atoms with Crippen molar-refractivity contribution in [3.05, 3.63) is 63.3 Å². The molecule has 1 saturated heterocycles. The molecular weight excluding hydrogens is 422 g/mol. The van der Waals surface area contributed by atoms with Crippen LogP contribution in [0, 0.1) is 4.77 Å². The monoisotopic (exact) mass is 451 g/mol. The second-order valence-corrected chi connectivity index (χ2v) is 8.63. The Labute approximate surface area is 192 Å². The van der Waals surface area contributed by atoms with Crippen LogP contribution in [-0.4, -0.2) is 33.5 Å². The van der Waals surface area contributed by atoms with Gasteiger partial charge in [0.25, 0.3) is 5.56 Å². The van der Waals surface area contributed by atoms with Gasteiger partial charge in [-0.1, -0.05) is 24.6 Å². The van der Waals surface area contributed by atoms with Crippen LogP contribution in [0.15, 0.2) is 47.4 Å². The summed E-state index contributed by atoms with van der Waals surface area (Å²) in [5.74, 6) is 1.05. The average Bonchev–Trinajstić information content (AvgIpc) is 3.35. The first-order valence-electron chi connectivity index (χ1n) is 11.3. The van der Waals surface area contributed by atoms with Gasteiger partial charge in [0.15, 0.2) is 4.77 Å². The van der Waals surface area contributed by atoms with E-state index in [0.717, 1.165) is 49.2 Å². The maximum Gasteiger partial charge on any atom is 0.262 e. The van der Waals surface area contributed by atoms with Gasteiger partial charge < -0.3 is 15.2 Å². The van der Waals surface area contributed by atoms with E-state index in [1.165, 1.54) is 12.8 Å². The molecule has 0 bridgehead atoms. The summed E-state index contributed by atoms with van der Waals surface area (Å²) < 4.78 is 2.05. The SMILES string of the molecule is O=C(CCCCCn1c(=S)[nH]c2ccccc2c1=O)NCc1ccc(N2CCCC2)nc1. The first-order valence-corrected chi connectivity index (χ1v) is 11.7. The van der Waals surface area contributed by atoms with E-state index >= 15 is 0 Å². The minimum absolute atomic E-state index is 0.0359. The van der Waals surface area contributed by atoms with Gasteiger partial charge in [-0.05, 0) is 61.7 Å². The average molecular weight is 452 g/mol. The van der Waals surface area contributed by atoms with Crippen LogP contribution in [0.5, 0.6) is 0 Å². The number of unbranched alkanes of at least 4 members (excludes halogenated alkanes) is 2. The van der Waals surface area contributed by atoms with Crippen molar-refractivity contribution >= 4 is 34.8 Å². The van der Waals surface area contributed by atoms with E-state index in [0.29, 0.717) is 29.7 Å². The molecule has 0 radical (unpaired) electrons. The molecule has 168 valence electrons. The molecule has 4 rings (SSSR count). The Morgan fingerprint density at radius 1 is 1.09 bits per heavy atom. The topological polar surface area (TPSA) is 83.0 Å². The van der Waals surface area contributed by atoms with Gasteiger partial charge in [-0.15, -0.1) is 0 Å². The first kappa shape index (κ1) is 22.2. The van der Waals surface area contributed by atoms with Gasteiger partial charge in [0.2, 0.25) is 5.91 Å². The third-order valence-electron chi connectivity index (χ3n) is 5.90. The molecule has 2 N–H and O–H groups in total. The highest BCUT2D eigenvalue weighted by atomic mass is 32.1. The molecule has 2 aromatic heterocycles. The van der Waals surface area contributed by atoms with Crippen LogP contribution in [0.3, 0.4) is 0 Å². The molecule has 1 fully saturated rings. The molecule has 3 aromatic rings. The zero-order valence-corrected chi connectivity index (χ0v) is 19.0. The number of fused-ring (bicyclic) bond motifs is 1. The molecule has 7 nitrogen and oxygen atoms in total. The van der Waals surface area contributed by atoms with E-state index in [-0.39, 0.29) is 11.5 Å². The number of amides is 1. The van der Waals surface area contributed by atoms with Crippen molar-refractivity contribution in [2.24, 2.45) is 0 Å². The summed E-state index contributed by atoms with van der Waals surface area (Å²) in [5.41, 5.74) is 1.70. The van der Waals surface area contributed by atoms with Crippen molar-refractivity contribution in [1.82, 2.24) is 19.9 Å². The standard InChI is InChI=1S/C24H29N5O2S/c30-22(26-17-18-11-12-21(25-16-18)28-13-6-7-14-28)10-2-1-5-15-29-23(31)19-8-3-4-9-20(19)27-24(29)32/h3-4,8-9,11-12,16H,1-2,5-7,10,13-15,17H2,(H,26,30)(H,27,32). The van der Waals surface area contributed by atoms with E-state index in [9.17, 15) is 9.59 Å². The van der Waals surface area contributed by atoms with Crippen LogP contribution in [0.25, 0.3) is 10.9 Å². The first-order chi connectivity index (χ1) is 15.6. The molecule has 1 aromatic carbocycles. The number of hydrogen-bond acceptors (Lipinski definition) is 5. The fourth-order valence-corrected chi connectivity index (χ4v) is 4.36. The highest BCUT2D eigenvalue weighted by molar-refractivity contribution is 7.71. The Hall–Kier alpha value is -3.00. The predicted octanol–water partition coefficient (Wildman–Crippen LogP) is 3.93. The Balaban J connectivity index is 1.18. The van der Waals surface area contributed by atoms with Crippen molar-refractivity contribution < 1.29 is 4.79 Å². The summed E-state index contributed by atoms with van der Waals surface area (Å²) in [7, 11) is 0. The minimum atomic E-state index is -0.0635. The Morgan fingerprint density at radius 2 is 1.91 bits per heavy atom. The second kappa shape index (κ2) is 10.5. The molecule has 32 heavy (non-hydrogen) atoms. The highest BCUT2D eigenvalue weighted by Crippen LogP contribution is 2.17. The van der Waals surface area contributed by atoms with Crippen LogP contribution in [-0.2, 0) is 17.9 Å². The lowest BCUT2D eigenvalue weighted by atomic mass is 10.2. The van der Waals surface area contributed by atoms with Gasteiger partial charge in [0, 0.05) is 38.8 Å². The maximum absolute atomic E-state index is 12.6. The van der Waals surface area contributed by atoms with Gasteiger partial charge in [-0.25, -0.2) is 4.98 Å². The molecule has 0 aliphatic carbocycles. The summed E-state index contributed by atoms with van der Waals surface area (Å²) in [6.45, 7) is 3.19. The van der Waals surface area contributed by atoms with Gasteiger partial charge >= 0.3 is 0 Å². The minimum Gasteiger partial charge on any atom is -0.357 e. The number of rotatable bonds is 9. The number of carbonyl (C=O) groups is 1. The van der Waals surface area contributed by atoms with Gasteiger partial charge in [-0.2, -0.15) is 0 Å². The lowest BCUT2D eigenvalue weighted by molar-refractivity contribution is -0.121. The summed E-state index contributed by atoms with van der Waals surface area (Å²) in [6, 6.07) is 11.5. The van der Waals surface area contributed by atoms with Gasteiger partial charge in [0.1, 0.15) is 5.82 Å². The number of nitrogens with one attached hydrogen (secondary N) is 2. The number of aromatic nitrogens is 3. The molecule has 0 atom stereocenters. The summed E-state index contributed by atoms with van der Waals surface area (Å²) in [6.07, 6.45) is 7.20. The number of carbonyl (C=O) groups excluding carboxylic acids is 1. The van der Waals surface area contributed by atoms with Crippen LogP contribution >= 0.6 is 12.2 Å². The molecule has 0 spiro atoms. The van der Waals surface area contributed by atoms with E-state index in [2.05, 4.69) is 20.2 Å². The second-order valence-electron chi connectivity index (χ2n) is 8.24. The zero-order chi connectivity index (χ0) is 22.3. The van der Waals surface area contributed by atoms with Crippen molar-refractivity contribution in [2.45, 2.75) is 51.6 Å². The highest BCUT2D eigenvalue weighted by Gasteiger charge is 2.13. The molecule has 0 saturated carbocycles. The number of nitrogens with zero attached hydrogens (tertiary/aromatic N) is 3. The normalized spacial score (nSPS) is 13.6. The van der Waals surface area contributed by atoms with Crippen LogP contribution < -0.4 is 15.8 Å². The molecule has 3 heterocycles. The Morgan fingerprint density at radius 3 is 2.69 bits per heavy atom. The third kappa shape index (κ3) is 5.43. The smallest absolute Gasteiger partial charge is 0.262 e. The van der Waals surface area contributed by atoms with Gasteiger partial charge in [0.05, 0.1) is 10.9 Å². The lowest BCUT2D eigenvalue weighted by Gasteiger charge is -2.16.